The first-order chi connectivity index (χ1) is 8.20. The van der Waals surface area contributed by atoms with Crippen molar-refractivity contribution in [2.75, 3.05) is 11.9 Å². The summed E-state index contributed by atoms with van der Waals surface area (Å²) in [5.41, 5.74) is 7.36. The highest BCUT2D eigenvalue weighted by Gasteiger charge is 2.09. The van der Waals surface area contributed by atoms with E-state index in [4.69, 9.17) is 5.73 Å². The third-order valence-electron chi connectivity index (χ3n) is 2.23. The molecule has 2 aromatic rings. The van der Waals surface area contributed by atoms with E-state index in [9.17, 15) is 4.79 Å². The molecule has 0 aliphatic carbocycles. The van der Waals surface area contributed by atoms with Crippen molar-refractivity contribution < 1.29 is 4.79 Å². The number of aromatic nitrogens is 2. The van der Waals surface area contributed by atoms with Gasteiger partial charge in [0.1, 0.15) is 5.01 Å². The van der Waals surface area contributed by atoms with Crippen molar-refractivity contribution in [3.05, 3.63) is 29.8 Å². The van der Waals surface area contributed by atoms with Crippen LogP contribution in [0.3, 0.4) is 0 Å². The van der Waals surface area contributed by atoms with Crippen LogP contribution in [0.25, 0.3) is 10.6 Å². The van der Waals surface area contributed by atoms with Gasteiger partial charge < -0.3 is 5.73 Å². The van der Waals surface area contributed by atoms with Gasteiger partial charge in [0.25, 0.3) is 0 Å². The average Bonchev–Trinajstić information content (AvgIpc) is 2.78. The summed E-state index contributed by atoms with van der Waals surface area (Å²) >= 11 is 1.33. The van der Waals surface area contributed by atoms with Crippen molar-refractivity contribution in [1.82, 2.24) is 10.2 Å². The molecule has 1 aromatic carbocycles. The van der Waals surface area contributed by atoms with E-state index in [1.807, 2.05) is 31.2 Å². The summed E-state index contributed by atoms with van der Waals surface area (Å²) < 4.78 is 0. The molecule has 17 heavy (non-hydrogen) atoms. The molecule has 1 aromatic heterocycles. The highest BCUT2D eigenvalue weighted by Crippen LogP contribution is 2.28. The van der Waals surface area contributed by atoms with Gasteiger partial charge in [-0.05, 0) is 12.5 Å². The van der Waals surface area contributed by atoms with Crippen molar-refractivity contribution in [3.8, 4) is 10.6 Å². The van der Waals surface area contributed by atoms with Gasteiger partial charge in [-0.1, -0.05) is 35.6 Å². The molecule has 0 atom stereocenters. The molecule has 0 fully saturated rings. The number of nitrogens with zero attached hydrogens (tertiary/aromatic N) is 2. The molecule has 1 heterocycles. The number of nitrogens with two attached hydrogens (primary N) is 1. The summed E-state index contributed by atoms with van der Waals surface area (Å²) in [6.07, 6.45) is 0. The summed E-state index contributed by atoms with van der Waals surface area (Å²) in [6.45, 7) is 1.95. The Bertz CT molecular complexity index is 538. The number of carbonyl (C=O) groups excluding carboxylic acids is 1. The fraction of sp³-hybridized carbons (Fsp3) is 0.182. The van der Waals surface area contributed by atoms with Crippen LogP contribution >= 0.6 is 11.3 Å². The van der Waals surface area contributed by atoms with E-state index < -0.39 is 0 Å². The summed E-state index contributed by atoms with van der Waals surface area (Å²) in [5, 5.41) is 11.8. The third-order valence-corrected chi connectivity index (χ3v) is 3.10. The third kappa shape index (κ3) is 2.66. The van der Waals surface area contributed by atoms with Crippen LogP contribution < -0.4 is 11.1 Å². The number of amides is 1. The largest absolute Gasteiger partial charge is 0.322 e. The quantitative estimate of drug-likeness (QED) is 0.860. The van der Waals surface area contributed by atoms with E-state index in [1.54, 1.807) is 0 Å². The van der Waals surface area contributed by atoms with Gasteiger partial charge in [-0.15, -0.1) is 10.2 Å². The molecule has 3 N–H and O–H groups in total. The lowest BCUT2D eigenvalue weighted by Crippen LogP contribution is -2.21. The maximum Gasteiger partial charge on any atom is 0.239 e. The Balaban J connectivity index is 2.24. The Morgan fingerprint density at radius 1 is 1.41 bits per heavy atom. The summed E-state index contributed by atoms with van der Waals surface area (Å²) in [6, 6.07) is 7.90. The first-order valence-electron chi connectivity index (χ1n) is 5.10. The predicted octanol–water partition coefficient (Wildman–Crippen LogP) is 1.41. The first kappa shape index (κ1) is 11.7. The van der Waals surface area contributed by atoms with Crippen molar-refractivity contribution in [2.45, 2.75) is 6.92 Å². The minimum Gasteiger partial charge on any atom is -0.322 e. The molecule has 2 rings (SSSR count). The minimum atomic E-state index is -0.266. The van der Waals surface area contributed by atoms with E-state index >= 15 is 0 Å². The summed E-state index contributed by atoms with van der Waals surface area (Å²) in [7, 11) is 0. The summed E-state index contributed by atoms with van der Waals surface area (Å²) in [5.74, 6) is -0.266. The van der Waals surface area contributed by atoms with Crippen LogP contribution in [0.1, 0.15) is 5.56 Å². The standard InChI is InChI=1S/C11H12N4OS/c1-7-4-2-3-5-8(7)10-14-15-11(17-10)13-9(16)6-12/h2-5H,6,12H2,1H3,(H,13,15,16). The van der Waals surface area contributed by atoms with E-state index in [2.05, 4.69) is 15.5 Å². The molecule has 0 bridgehead atoms. The minimum absolute atomic E-state index is 0.0563. The molecule has 0 unspecified atom stereocenters. The van der Waals surface area contributed by atoms with Crippen LogP contribution in [-0.4, -0.2) is 22.6 Å². The molecule has 0 aliphatic rings. The van der Waals surface area contributed by atoms with E-state index in [-0.39, 0.29) is 12.5 Å². The second kappa shape index (κ2) is 5.03. The van der Waals surface area contributed by atoms with Crippen molar-refractivity contribution >= 4 is 22.4 Å². The molecule has 0 spiro atoms. The zero-order chi connectivity index (χ0) is 12.3. The number of anilines is 1. The van der Waals surface area contributed by atoms with Crippen LogP contribution in [-0.2, 0) is 4.79 Å². The Morgan fingerprint density at radius 2 is 2.18 bits per heavy atom. The monoisotopic (exact) mass is 248 g/mol. The van der Waals surface area contributed by atoms with E-state index in [0.717, 1.165) is 16.1 Å². The number of hydrogen-bond acceptors (Lipinski definition) is 5. The lowest BCUT2D eigenvalue weighted by molar-refractivity contribution is -0.114. The van der Waals surface area contributed by atoms with Gasteiger partial charge in [0.05, 0.1) is 6.54 Å². The van der Waals surface area contributed by atoms with Gasteiger partial charge in [-0.25, -0.2) is 0 Å². The van der Waals surface area contributed by atoms with Crippen molar-refractivity contribution in [1.29, 1.82) is 0 Å². The normalized spacial score (nSPS) is 10.2. The molecule has 5 nitrogen and oxygen atoms in total. The topological polar surface area (TPSA) is 80.9 Å². The molecule has 1 amide bonds. The van der Waals surface area contributed by atoms with E-state index in [0.29, 0.717) is 5.13 Å². The fourth-order valence-corrected chi connectivity index (χ4v) is 2.22. The molecule has 88 valence electrons. The lowest BCUT2D eigenvalue weighted by atomic mass is 10.1. The van der Waals surface area contributed by atoms with Crippen LogP contribution in [0.5, 0.6) is 0 Å². The molecular weight excluding hydrogens is 236 g/mol. The van der Waals surface area contributed by atoms with Crippen LogP contribution in [0.15, 0.2) is 24.3 Å². The lowest BCUT2D eigenvalue weighted by Gasteiger charge is -1.99. The smallest absolute Gasteiger partial charge is 0.239 e. The molecule has 0 aliphatic heterocycles. The number of carbonyl (C=O) groups is 1. The van der Waals surface area contributed by atoms with Gasteiger partial charge in [0, 0.05) is 5.56 Å². The first-order valence-corrected chi connectivity index (χ1v) is 5.92. The second-order valence-corrected chi connectivity index (χ2v) is 4.46. The highest BCUT2D eigenvalue weighted by atomic mass is 32.1. The van der Waals surface area contributed by atoms with Gasteiger partial charge in [-0.3, -0.25) is 10.1 Å². The molecule has 6 heteroatoms. The highest BCUT2D eigenvalue weighted by molar-refractivity contribution is 7.18. The number of aryl methyl sites for hydroxylation is 1. The van der Waals surface area contributed by atoms with Crippen LogP contribution in [0.4, 0.5) is 5.13 Å². The second-order valence-electron chi connectivity index (χ2n) is 3.48. The number of benzene rings is 1. The zero-order valence-electron chi connectivity index (χ0n) is 9.30. The van der Waals surface area contributed by atoms with Gasteiger partial charge in [0.15, 0.2) is 0 Å². The molecule has 0 radical (unpaired) electrons. The van der Waals surface area contributed by atoms with Gasteiger partial charge >= 0.3 is 0 Å². The number of nitrogens with one attached hydrogen (secondary N) is 1. The maximum absolute atomic E-state index is 11.1. The maximum atomic E-state index is 11.1. The van der Waals surface area contributed by atoms with Crippen LogP contribution in [0, 0.1) is 6.92 Å². The fourth-order valence-electron chi connectivity index (χ4n) is 1.37. The van der Waals surface area contributed by atoms with Gasteiger partial charge in [0.2, 0.25) is 11.0 Å². The number of rotatable bonds is 3. The zero-order valence-corrected chi connectivity index (χ0v) is 10.1. The SMILES string of the molecule is Cc1ccccc1-c1nnc(NC(=O)CN)s1. The van der Waals surface area contributed by atoms with E-state index in [1.165, 1.54) is 11.3 Å². The average molecular weight is 248 g/mol. The predicted molar refractivity (Wildman–Crippen MR) is 67.8 cm³/mol. The van der Waals surface area contributed by atoms with Crippen molar-refractivity contribution in [2.24, 2.45) is 5.73 Å². The molecular formula is C11H12N4OS. The Labute approximate surface area is 103 Å². The Hall–Kier alpha value is -1.79. The van der Waals surface area contributed by atoms with Crippen molar-refractivity contribution in [3.63, 3.8) is 0 Å². The number of hydrogen-bond donors (Lipinski definition) is 2. The Kier molecular flexibility index (Phi) is 3.46. The van der Waals surface area contributed by atoms with Gasteiger partial charge in [-0.2, -0.15) is 0 Å². The molecule has 0 saturated carbocycles. The summed E-state index contributed by atoms with van der Waals surface area (Å²) in [4.78, 5) is 11.1. The van der Waals surface area contributed by atoms with Crippen LogP contribution in [0.2, 0.25) is 0 Å². The Morgan fingerprint density at radius 3 is 2.88 bits per heavy atom. The molecule has 0 saturated heterocycles.